The molecule has 0 aliphatic carbocycles. The van der Waals surface area contributed by atoms with E-state index in [1.165, 1.54) is 6.07 Å². The van der Waals surface area contributed by atoms with Crippen LogP contribution < -0.4 is 10.5 Å². The molecule has 0 radical (unpaired) electrons. The second-order valence-corrected chi connectivity index (χ2v) is 5.69. The van der Waals surface area contributed by atoms with E-state index in [-0.39, 0.29) is 11.7 Å². The molecule has 21 heavy (non-hydrogen) atoms. The molecule has 0 saturated heterocycles. The monoisotopic (exact) mass is 350 g/mol. The number of nitrogens with zero attached hydrogens (tertiary/aromatic N) is 1. The van der Waals surface area contributed by atoms with Crippen LogP contribution in [0.25, 0.3) is 0 Å². The van der Waals surface area contributed by atoms with Gasteiger partial charge in [-0.25, -0.2) is 0 Å². The molecule has 2 aromatic rings. The zero-order valence-electron chi connectivity index (χ0n) is 11.7. The molecule has 2 N–H and O–H groups in total. The number of halogens is 1. The maximum Gasteiger partial charge on any atom is 0.272 e. The third-order valence-electron chi connectivity index (χ3n) is 3.06. The first-order chi connectivity index (χ1) is 9.88. The number of hydrogen-bond donors (Lipinski definition) is 1. The maximum atomic E-state index is 10.8. The van der Waals surface area contributed by atoms with E-state index in [0.717, 1.165) is 10.0 Å². The lowest BCUT2D eigenvalue weighted by Gasteiger charge is -2.14. The van der Waals surface area contributed by atoms with Crippen molar-refractivity contribution < 1.29 is 9.66 Å². The summed E-state index contributed by atoms with van der Waals surface area (Å²) in [5.74, 6) is 1.18. The summed E-state index contributed by atoms with van der Waals surface area (Å²) in [6.07, 6.45) is 0. The normalized spacial score (nSPS) is 12.0. The zero-order valence-corrected chi connectivity index (χ0v) is 13.3. The van der Waals surface area contributed by atoms with Gasteiger partial charge < -0.3 is 10.5 Å². The van der Waals surface area contributed by atoms with Crippen LogP contribution in [0.5, 0.6) is 11.5 Å². The van der Waals surface area contributed by atoms with E-state index >= 15 is 0 Å². The number of rotatable bonds is 4. The molecule has 2 rings (SSSR count). The van der Waals surface area contributed by atoms with E-state index < -0.39 is 4.92 Å². The third-order valence-corrected chi connectivity index (χ3v) is 3.55. The van der Waals surface area contributed by atoms with Gasteiger partial charge in [0.2, 0.25) is 0 Å². The molecule has 0 fully saturated rings. The van der Waals surface area contributed by atoms with Crippen LogP contribution in [0.3, 0.4) is 0 Å². The van der Waals surface area contributed by atoms with Gasteiger partial charge in [0, 0.05) is 27.7 Å². The minimum atomic E-state index is -0.411. The van der Waals surface area contributed by atoms with Crippen LogP contribution in [0, 0.1) is 17.0 Å². The average molecular weight is 351 g/mol. The van der Waals surface area contributed by atoms with Crippen LogP contribution in [0.4, 0.5) is 5.69 Å². The van der Waals surface area contributed by atoms with Crippen molar-refractivity contribution in [3.8, 4) is 11.5 Å². The second kappa shape index (κ2) is 6.24. The Kier molecular flexibility index (Phi) is 4.59. The fraction of sp³-hybridized carbons (Fsp3) is 0.200. The van der Waals surface area contributed by atoms with Crippen molar-refractivity contribution in [3.63, 3.8) is 0 Å². The molecule has 6 heteroatoms. The van der Waals surface area contributed by atoms with Crippen molar-refractivity contribution >= 4 is 21.6 Å². The largest absolute Gasteiger partial charge is 0.457 e. The Hall–Kier alpha value is -1.92. The Morgan fingerprint density at radius 3 is 2.57 bits per heavy atom. The average Bonchev–Trinajstić information content (AvgIpc) is 2.40. The Labute approximate surface area is 131 Å². The van der Waals surface area contributed by atoms with Gasteiger partial charge in [-0.2, -0.15) is 0 Å². The van der Waals surface area contributed by atoms with Gasteiger partial charge >= 0.3 is 0 Å². The molecular formula is C15H15BrN2O3. The maximum absolute atomic E-state index is 10.8. The Morgan fingerprint density at radius 2 is 2.00 bits per heavy atom. The Balaban J connectivity index is 2.34. The van der Waals surface area contributed by atoms with Crippen molar-refractivity contribution in [2.45, 2.75) is 19.9 Å². The number of ether oxygens (including phenoxy) is 1. The van der Waals surface area contributed by atoms with Crippen molar-refractivity contribution in [2.75, 3.05) is 0 Å². The quantitative estimate of drug-likeness (QED) is 0.651. The van der Waals surface area contributed by atoms with Crippen LogP contribution in [0.2, 0.25) is 0 Å². The van der Waals surface area contributed by atoms with Crippen LogP contribution >= 0.6 is 15.9 Å². The minimum absolute atomic E-state index is 0.0746. The van der Waals surface area contributed by atoms with Gasteiger partial charge in [0.15, 0.2) is 0 Å². The number of aryl methyl sites for hydroxylation is 1. The van der Waals surface area contributed by atoms with Crippen LogP contribution in [0.1, 0.15) is 24.1 Å². The van der Waals surface area contributed by atoms with Gasteiger partial charge in [0.1, 0.15) is 11.5 Å². The van der Waals surface area contributed by atoms with Crippen LogP contribution in [0.15, 0.2) is 40.9 Å². The summed E-state index contributed by atoms with van der Waals surface area (Å²) in [4.78, 5) is 10.4. The molecule has 0 aliphatic heterocycles. The van der Waals surface area contributed by atoms with Crippen molar-refractivity contribution in [1.29, 1.82) is 0 Å². The number of hydrogen-bond acceptors (Lipinski definition) is 4. The zero-order chi connectivity index (χ0) is 15.6. The fourth-order valence-electron chi connectivity index (χ4n) is 1.99. The minimum Gasteiger partial charge on any atom is -0.457 e. The summed E-state index contributed by atoms with van der Waals surface area (Å²) < 4.78 is 6.74. The molecule has 1 atom stereocenters. The summed E-state index contributed by atoms with van der Waals surface area (Å²) in [5, 5.41) is 10.8. The second-order valence-electron chi connectivity index (χ2n) is 4.78. The topological polar surface area (TPSA) is 78.4 Å². The summed E-state index contributed by atoms with van der Waals surface area (Å²) in [6.45, 7) is 3.55. The molecular weight excluding hydrogens is 336 g/mol. The van der Waals surface area contributed by atoms with Crippen molar-refractivity contribution in [1.82, 2.24) is 0 Å². The highest BCUT2D eigenvalue weighted by Gasteiger charge is 2.13. The molecule has 1 unspecified atom stereocenters. The summed E-state index contributed by atoms with van der Waals surface area (Å²) in [6, 6.07) is 10.1. The van der Waals surface area contributed by atoms with Crippen LogP contribution in [-0.2, 0) is 0 Å². The smallest absolute Gasteiger partial charge is 0.272 e. The number of benzene rings is 2. The highest BCUT2D eigenvalue weighted by molar-refractivity contribution is 9.10. The molecule has 5 nitrogen and oxygen atoms in total. The Bertz CT molecular complexity index is 687. The summed E-state index contributed by atoms with van der Waals surface area (Å²) in [5.41, 5.74) is 7.43. The predicted octanol–water partition coefficient (Wildman–Crippen LogP) is 4.48. The van der Waals surface area contributed by atoms with Crippen molar-refractivity contribution in [2.24, 2.45) is 5.73 Å². The standard InChI is InChI=1S/C15H15BrN2O3/c1-9-7-12(4-5-14(9)18(19)20)21-15-6-3-11(16)8-13(15)10(2)17/h3-8,10H,17H2,1-2H3. The highest BCUT2D eigenvalue weighted by Crippen LogP contribution is 2.33. The number of nitro benzene ring substituents is 1. The molecule has 0 aromatic heterocycles. The van der Waals surface area contributed by atoms with E-state index in [4.69, 9.17) is 10.5 Å². The van der Waals surface area contributed by atoms with E-state index in [0.29, 0.717) is 17.1 Å². The summed E-state index contributed by atoms with van der Waals surface area (Å²) >= 11 is 3.40. The van der Waals surface area contributed by atoms with E-state index in [9.17, 15) is 10.1 Å². The van der Waals surface area contributed by atoms with Gasteiger partial charge in [0.25, 0.3) is 5.69 Å². The highest BCUT2D eigenvalue weighted by atomic mass is 79.9. The molecule has 110 valence electrons. The first-order valence-electron chi connectivity index (χ1n) is 6.36. The van der Waals surface area contributed by atoms with Crippen molar-refractivity contribution in [3.05, 3.63) is 62.1 Å². The SMILES string of the molecule is Cc1cc(Oc2ccc(Br)cc2C(C)N)ccc1[N+](=O)[O-]. The third kappa shape index (κ3) is 3.59. The molecule has 2 aromatic carbocycles. The lowest BCUT2D eigenvalue weighted by atomic mass is 10.1. The van der Waals surface area contributed by atoms with E-state index in [1.54, 1.807) is 19.1 Å². The molecule has 0 saturated carbocycles. The molecule has 0 aliphatic rings. The lowest BCUT2D eigenvalue weighted by molar-refractivity contribution is -0.385. The van der Waals surface area contributed by atoms with E-state index in [1.807, 2.05) is 25.1 Å². The first-order valence-corrected chi connectivity index (χ1v) is 7.15. The summed E-state index contributed by atoms with van der Waals surface area (Å²) in [7, 11) is 0. The molecule has 0 spiro atoms. The molecule has 0 heterocycles. The predicted molar refractivity (Wildman–Crippen MR) is 84.7 cm³/mol. The van der Waals surface area contributed by atoms with E-state index in [2.05, 4.69) is 15.9 Å². The van der Waals surface area contributed by atoms with Crippen LogP contribution in [-0.4, -0.2) is 4.92 Å². The first kappa shape index (κ1) is 15.5. The van der Waals surface area contributed by atoms with Gasteiger partial charge in [-0.3, -0.25) is 10.1 Å². The van der Waals surface area contributed by atoms with Gasteiger partial charge in [-0.05, 0) is 44.2 Å². The Morgan fingerprint density at radius 1 is 1.29 bits per heavy atom. The van der Waals surface area contributed by atoms with Gasteiger partial charge in [0.05, 0.1) is 4.92 Å². The lowest BCUT2D eigenvalue weighted by Crippen LogP contribution is -2.06. The molecule has 0 amide bonds. The number of nitrogens with two attached hydrogens (primary N) is 1. The van der Waals surface area contributed by atoms with Gasteiger partial charge in [-0.1, -0.05) is 15.9 Å². The molecule has 0 bridgehead atoms. The fourth-order valence-corrected chi connectivity index (χ4v) is 2.37. The number of nitro groups is 1. The van der Waals surface area contributed by atoms with Gasteiger partial charge in [-0.15, -0.1) is 0 Å².